The van der Waals surface area contributed by atoms with Crippen molar-refractivity contribution >= 4 is 46.4 Å². The number of amides is 5. The molecule has 7 rings (SSSR count). The molecule has 4 heterocycles. The molecule has 1 unspecified atom stereocenters. The molecule has 3 aliphatic heterocycles. The van der Waals surface area contributed by atoms with E-state index in [1.807, 2.05) is 38.1 Å². The second kappa shape index (κ2) is 18.3. The summed E-state index contributed by atoms with van der Waals surface area (Å²) in [5.74, 6) is -0.116. The van der Waals surface area contributed by atoms with Crippen molar-refractivity contribution < 1.29 is 38.2 Å². The first-order chi connectivity index (χ1) is 28.5. The summed E-state index contributed by atoms with van der Waals surface area (Å²) >= 11 is 0. The number of alkyl carbamates (subject to hydrolysis) is 2. The maximum absolute atomic E-state index is 13.7. The molecule has 4 atom stereocenters. The fourth-order valence-corrected chi connectivity index (χ4v) is 8.37. The van der Waals surface area contributed by atoms with Gasteiger partial charge in [0.15, 0.2) is 0 Å². The van der Waals surface area contributed by atoms with Crippen LogP contribution in [0, 0.1) is 5.92 Å². The Morgan fingerprint density at radius 3 is 2.29 bits per heavy atom. The minimum absolute atomic E-state index is 0.119. The third-order valence-corrected chi connectivity index (χ3v) is 11.6. The number of hydrogen-bond acceptors (Lipinski definition) is 9. The van der Waals surface area contributed by atoms with E-state index in [0.29, 0.717) is 69.9 Å². The van der Waals surface area contributed by atoms with Crippen LogP contribution in [0.25, 0.3) is 33.2 Å². The van der Waals surface area contributed by atoms with Gasteiger partial charge in [-0.2, -0.15) is 0 Å². The second-order valence-electron chi connectivity index (χ2n) is 15.8. The van der Waals surface area contributed by atoms with Gasteiger partial charge in [0.2, 0.25) is 17.7 Å². The molecule has 2 saturated heterocycles. The van der Waals surface area contributed by atoms with Gasteiger partial charge in [0, 0.05) is 36.5 Å². The number of anilines is 1. The molecule has 59 heavy (non-hydrogen) atoms. The molecule has 0 bridgehead atoms. The first-order valence-corrected chi connectivity index (χ1v) is 20.5. The number of nitrogens with zero attached hydrogens (tertiary/aromatic N) is 3. The molecule has 0 saturated carbocycles. The highest BCUT2D eigenvalue weighted by atomic mass is 16.5. The highest BCUT2D eigenvalue weighted by molar-refractivity contribution is 5.99. The summed E-state index contributed by atoms with van der Waals surface area (Å²) in [4.78, 5) is 76.5. The Balaban J connectivity index is 1.08. The zero-order valence-electron chi connectivity index (χ0n) is 34.0. The van der Waals surface area contributed by atoms with E-state index < -0.39 is 30.3 Å². The van der Waals surface area contributed by atoms with Gasteiger partial charge < -0.3 is 44.9 Å². The summed E-state index contributed by atoms with van der Waals surface area (Å²) in [7, 11) is 2.55. The van der Waals surface area contributed by atoms with Crippen LogP contribution >= 0.6 is 0 Å². The van der Waals surface area contributed by atoms with Crippen molar-refractivity contribution in [3.63, 3.8) is 0 Å². The molecule has 15 nitrogen and oxygen atoms in total. The second-order valence-corrected chi connectivity index (χ2v) is 15.8. The summed E-state index contributed by atoms with van der Waals surface area (Å²) in [6, 6.07) is 16.1. The lowest BCUT2D eigenvalue weighted by Crippen LogP contribution is -2.52. The minimum atomic E-state index is -0.782. The van der Waals surface area contributed by atoms with Crippen molar-refractivity contribution in [3.05, 3.63) is 72.2 Å². The Hall–Kier alpha value is -5.96. The summed E-state index contributed by atoms with van der Waals surface area (Å²) in [5.41, 5.74) is 5.25. The third kappa shape index (κ3) is 9.20. The standard InChI is InChI=1S/C44H53N7O8/c1-26(2)38(49-44(56)58-4)42(54)50-18-7-10-36(50)39-45-24-35(46-39)31-15-14-28-21-27(12-13-29(28)22-31)30-16-17-33-32(23-30)25-59-20-6-5-9-34(48-43(55)57-3)41(53)51-19-8-11-37(51)40(52)47-33/h12-17,21-24,26,34,36-38H,5-11,18-20,25H2,1-4H3,(H,45,46)(H,47,52)(H,48,55)(H,49,56)/t34-,36?,37-,38-/m0/s1. The van der Waals surface area contributed by atoms with Gasteiger partial charge in [0.05, 0.1) is 38.8 Å². The Morgan fingerprint density at radius 1 is 0.831 bits per heavy atom. The van der Waals surface area contributed by atoms with Crippen LogP contribution in [0.4, 0.5) is 15.3 Å². The SMILES string of the molecule is COC(=O)N[C@H]1CCCCOCc2cc(-c3ccc4cc(-c5cnc(C6CCCN6C(=O)[C@@H](NC(=O)OC)C(C)C)[nH]5)ccc4c3)ccc2NC(=O)[C@@H]2CCCN2C1=O. The van der Waals surface area contributed by atoms with Crippen LogP contribution in [0.5, 0.6) is 0 Å². The number of benzene rings is 3. The molecule has 0 spiro atoms. The summed E-state index contributed by atoms with van der Waals surface area (Å²) < 4.78 is 15.6. The molecule has 4 N–H and O–H groups in total. The predicted octanol–water partition coefficient (Wildman–Crippen LogP) is 6.30. The first-order valence-electron chi connectivity index (χ1n) is 20.5. The number of aromatic amines is 1. The van der Waals surface area contributed by atoms with E-state index in [1.54, 1.807) is 16.0 Å². The first kappa shape index (κ1) is 41.2. The average molecular weight is 808 g/mol. The molecule has 0 radical (unpaired) electrons. The van der Waals surface area contributed by atoms with Crippen molar-refractivity contribution in [2.24, 2.45) is 5.92 Å². The van der Waals surface area contributed by atoms with Gasteiger partial charge >= 0.3 is 12.2 Å². The van der Waals surface area contributed by atoms with Crippen molar-refractivity contribution in [3.8, 4) is 22.4 Å². The number of methoxy groups -OCH3 is 2. The normalized spacial score (nSPS) is 20.7. The molecule has 15 heteroatoms. The highest BCUT2D eigenvalue weighted by Gasteiger charge is 2.39. The predicted molar refractivity (Wildman–Crippen MR) is 221 cm³/mol. The Labute approximate surface area is 343 Å². The van der Waals surface area contributed by atoms with E-state index in [1.165, 1.54) is 14.2 Å². The van der Waals surface area contributed by atoms with Crippen molar-refractivity contribution in [2.45, 2.75) is 89.6 Å². The zero-order chi connectivity index (χ0) is 41.6. The molecule has 2 fully saturated rings. The molecule has 3 aliphatic rings. The molecule has 0 aliphatic carbocycles. The van der Waals surface area contributed by atoms with E-state index in [-0.39, 0.29) is 29.7 Å². The number of likely N-dealkylation sites (tertiary alicyclic amines) is 1. The Morgan fingerprint density at radius 2 is 1.53 bits per heavy atom. The van der Waals surface area contributed by atoms with Gasteiger partial charge in [-0.3, -0.25) is 14.4 Å². The van der Waals surface area contributed by atoms with Crippen LogP contribution < -0.4 is 16.0 Å². The van der Waals surface area contributed by atoms with Crippen LogP contribution in [0.3, 0.4) is 0 Å². The van der Waals surface area contributed by atoms with Gasteiger partial charge in [0.1, 0.15) is 23.9 Å². The quantitative estimate of drug-likeness (QED) is 0.167. The summed E-state index contributed by atoms with van der Waals surface area (Å²) in [6.07, 6.45) is 5.06. The number of rotatable bonds is 7. The highest BCUT2D eigenvalue weighted by Crippen LogP contribution is 2.35. The zero-order valence-corrected chi connectivity index (χ0v) is 34.0. The van der Waals surface area contributed by atoms with E-state index in [9.17, 15) is 24.0 Å². The monoisotopic (exact) mass is 807 g/mol. The van der Waals surface area contributed by atoms with E-state index in [4.69, 9.17) is 19.2 Å². The van der Waals surface area contributed by atoms with Crippen LogP contribution in [-0.4, -0.2) is 102 Å². The summed E-state index contributed by atoms with van der Waals surface area (Å²) in [5, 5.41) is 10.5. The lowest BCUT2D eigenvalue weighted by atomic mass is 9.97. The van der Waals surface area contributed by atoms with E-state index >= 15 is 0 Å². The Bertz CT molecular complexity index is 2200. The maximum Gasteiger partial charge on any atom is 0.407 e. The fourth-order valence-electron chi connectivity index (χ4n) is 8.37. The van der Waals surface area contributed by atoms with Crippen LogP contribution in [0.1, 0.15) is 76.2 Å². The van der Waals surface area contributed by atoms with E-state index in [0.717, 1.165) is 51.6 Å². The molecule has 1 aromatic heterocycles. The van der Waals surface area contributed by atoms with Gasteiger partial charge in [-0.05, 0) is 97.0 Å². The fraction of sp³-hybridized carbons (Fsp3) is 0.455. The molecule has 4 aromatic rings. The number of carbonyl (C=O) groups excluding carboxylic acids is 5. The van der Waals surface area contributed by atoms with Crippen molar-refractivity contribution in [1.82, 2.24) is 30.4 Å². The summed E-state index contributed by atoms with van der Waals surface area (Å²) in [6.45, 7) is 5.55. The lowest BCUT2D eigenvalue weighted by Gasteiger charge is -2.30. The van der Waals surface area contributed by atoms with Gasteiger partial charge in [-0.25, -0.2) is 14.6 Å². The van der Waals surface area contributed by atoms with Crippen molar-refractivity contribution in [1.29, 1.82) is 0 Å². The number of hydrogen-bond donors (Lipinski definition) is 4. The maximum atomic E-state index is 13.7. The van der Waals surface area contributed by atoms with E-state index in [2.05, 4.69) is 51.3 Å². The number of H-pyrrole nitrogens is 1. The van der Waals surface area contributed by atoms with Crippen LogP contribution in [0.15, 0.2) is 60.8 Å². The number of imidazole rings is 1. The van der Waals surface area contributed by atoms with Crippen LogP contribution in [-0.2, 0) is 35.2 Å². The van der Waals surface area contributed by atoms with Gasteiger partial charge in [0.25, 0.3) is 0 Å². The number of carbonyl (C=O) groups is 5. The van der Waals surface area contributed by atoms with Crippen molar-refractivity contribution in [2.75, 3.05) is 39.2 Å². The van der Waals surface area contributed by atoms with Gasteiger partial charge in [-0.1, -0.05) is 44.2 Å². The number of nitrogens with one attached hydrogen (secondary N) is 4. The third-order valence-electron chi connectivity index (χ3n) is 11.6. The molecular weight excluding hydrogens is 755 g/mol. The number of ether oxygens (including phenoxy) is 3. The van der Waals surface area contributed by atoms with Gasteiger partial charge in [-0.15, -0.1) is 0 Å². The molecular formula is C44H53N7O8. The smallest absolute Gasteiger partial charge is 0.407 e. The average Bonchev–Trinajstić information content (AvgIpc) is 4.04. The topological polar surface area (TPSA) is 184 Å². The Kier molecular flexibility index (Phi) is 12.8. The number of aromatic nitrogens is 2. The largest absolute Gasteiger partial charge is 0.453 e. The molecule has 5 amide bonds. The minimum Gasteiger partial charge on any atom is -0.453 e. The molecule has 3 aromatic carbocycles. The number of fused-ring (bicyclic) bond motifs is 3. The van der Waals surface area contributed by atoms with Crippen LogP contribution in [0.2, 0.25) is 0 Å². The lowest BCUT2D eigenvalue weighted by molar-refractivity contribution is -0.138. The molecule has 312 valence electrons.